The monoisotopic (exact) mass is 1490 g/mol. The van der Waals surface area contributed by atoms with E-state index in [9.17, 15) is 43.2 Å². The molecule has 0 rings (SSSR count). The lowest BCUT2D eigenvalue weighted by molar-refractivity contribution is -0.161. The van der Waals surface area contributed by atoms with Crippen molar-refractivity contribution in [3.05, 3.63) is 0 Å². The molecule has 0 aliphatic rings. The fraction of sp³-hybridized carbons (Fsp3) is 0.952. The minimum absolute atomic E-state index is 0.105. The van der Waals surface area contributed by atoms with Crippen LogP contribution in [0.1, 0.15) is 434 Å². The fourth-order valence-electron chi connectivity index (χ4n) is 12.8. The summed E-state index contributed by atoms with van der Waals surface area (Å²) in [5.74, 6) is 0.287. The van der Waals surface area contributed by atoms with Crippen molar-refractivity contribution in [2.45, 2.75) is 452 Å². The van der Waals surface area contributed by atoms with Crippen LogP contribution in [0.5, 0.6) is 0 Å². The molecule has 0 radical (unpaired) electrons. The first-order valence-electron chi connectivity index (χ1n) is 42.9. The summed E-state index contributed by atoms with van der Waals surface area (Å²) in [5.41, 5.74) is 0. The lowest BCUT2D eigenvalue weighted by Gasteiger charge is -2.21. The molecule has 0 saturated carbocycles. The zero-order chi connectivity index (χ0) is 75.1. The molecule has 19 heteroatoms. The molecule has 0 aliphatic carbocycles. The van der Waals surface area contributed by atoms with Gasteiger partial charge in [-0.2, -0.15) is 0 Å². The summed E-state index contributed by atoms with van der Waals surface area (Å²) >= 11 is 0. The molecular formula is C83H162O17P2. The summed E-state index contributed by atoms with van der Waals surface area (Å²) in [6.07, 6.45) is 62.4. The number of aliphatic hydroxyl groups is 1. The highest BCUT2D eigenvalue weighted by Gasteiger charge is 2.30. The van der Waals surface area contributed by atoms with E-state index in [-0.39, 0.29) is 25.7 Å². The van der Waals surface area contributed by atoms with Crippen LogP contribution >= 0.6 is 15.6 Å². The molecule has 102 heavy (non-hydrogen) atoms. The van der Waals surface area contributed by atoms with Crippen LogP contribution in [-0.4, -0.2) is 96.7 Å². The van der Waals surface area contributed by atoms with Crippen LogP contribution in [-0.2, 0) is 65.4 Å². The first-order chi connectivity index (χ1) is 49.3. The van der Waals surface area contributed by atoms with Crippen LogP contribution in [0.25, 0.3) is 0 Å². The van der Waals surface area contributed by atoms with E-state index in [2.05, 4.69) is 48.5 Å². The van der Waals surface area contributed by atoms with Crippen LogP contribution in [0.3, 0.4) is 0 Å². The smallest absolute Gasteiger partial charge is 0.462 e. The van der Waals surface area contributed by atoms with E-state index < -0.39 is 97.5 Å². The Balaban J connectivity index is 5.23. The molecule has 0 fully saturated rings. The third kappa shape index (κ3) is 74.9. The summed E-state index contributed by atoms with van der Waals surface area (Å²) in [7, 11) is -9.92. The molecule has 6 atom stereocenters. The quantitative estimate of drug-likeness (QED) is 0.0222. The van der Waals surface area contributed by atoms with Crippen molar-refractivity contribution in [1.82, 2.24) is 0 Å². The van der Waals surface area contributed by atoms with Gasteiger partial charge in [0.2, 0.25) is 0 Å². The topological polar surface area (TPSA) is 237 Å². The van der Waals surface area contributed by atoms with Gasteiger partial charge in [0.1, 0.15) is 19.3 Å². The predicted molar refractivity (Wildman–Crippen MR) is 418 cm³/mol. The Morgan fingerprint density at radius 1 is 0.284 bits per heavy atom. The average Bonchev–Trinajstić information content (AvgIpc) is 0.963. The number of hydrogen-bond donors (Lipinski definition) is 3. The van der Waals surface area contributed by atoms with E-state index >= 15 is 0 Å². The van der Waals surface area contributed by atoms with E-state index in [0.29, 0.717) is 25.7 Å². The molecule has 0 aromatic heterocycles. The molecule has 0 saturated heterocycles. The van der Waals surface area contributed by atoms with E-state index in [4.69, 9.17) is 37.0 Å². The molecule has 0 bridgehead atoms. The van der Waals surface area contributed by atoms with Gasteiger partial charge < -0.3 is 33.8 Å². The van der Waals surface area contributed by atoms with Gasteiger partial charge in [0.05, 0.1) is 26.4 Å². The summed E-state index contributed by atoms with van der Waals surface area (Å²) < 4.78 is 68.8. The van der Waals surface area contributed by atoms with E-state index in [1.54, 1.807) is 0 Å². The normalized spacial score (nSPS) is 14.2. The van der Waals surface area contributed by atoms with Crippen molar-refractivity contribution in [1.29, 1.82) is 0 Å². The number of esters is 4. The minimum atomic E-state index is -4.96. The van der Waals surface area contributed by atoms with Gasteiger partial charge in [-0.25, -0.2) is 9.13 Å². The SMILES string of the molecule is CCCCCCCCCCCCCC(=O)OC[C@H](COP(=O)(O)OC[C@H](O)COP(=O)(O)OC[C@@H](COC(=O)CCCCCCCCCCCCCCCCCC(C)C)OC(=O)CCCCCCCCCCCCCCCCCCCCC(C)C)OC(=O)CCCCCCCCCCC(C)CC. The van der Waals surface area contributed by atoms with Crippen LogP contribution < -0.4 is 0 Å². The van der Waals surface area contributed by atoms with Gasteiger partial charge in [0, 0.05) is 25.7 Å². The summed E-state index contributed by atoms with van der Waals surface area (Å²) in [6.45, 7) is 12.0. The number of carbonyl (C=O) groups excluding carboxylic acids is 4. The zero-order valence-corrected chi connectivity index (χ0v) is 68.9. The van der Waals surface area contributed by atoms with Crippen molar-refractivity contribution in [2.24, 2.45) is 17.8 Å². The van der Waals surface area contributed by atoms with Gasteiger partial charge in [-0.1, -0.05) is 382 Å². The lowest BCUT2D eigenvalue weighted by atomic mass is 9.99. The molecule has 0 heterocycles. The van der Waals surface area contributed by atoms with Gasteiger partial charge in [-0.3, -0.25) is 37.3 Å². The van der Waals surface area contributed by atoms with Gasteiger partial charge in [0.25, 0.3) is 0 Å². The maximum Gasteiger partial charge on any atom is 0.472 e. The molecular weight excluding hydrogens is 1330 g/mol. The van der Waals surface area contributed by atoms with Gasteiger partial charge >= 0.3 is 39.5 Å². The minimum Gasteiger partial charge on any atom is -0.462 e. The van der Waals surface area contributed by atoms with Crippen LogP contribution in [0.2, 0.25) is 0 Å². The predicted octanol–water partition coefficient (Wildman–Crippen LogP) is 24.9. The molecule has 17 nitrogen and oxygen atoms in total. The Morgan fingerprint density at radius 3 is 0.745 bits per heavy atom. The highest BCUT2D eigenvalue weighted by Crippen LogP contribution is 2.45. The first-order valence-corrected chi connectivity index (χ1v) is 45.9. The van der Waals surface area contributed by atoms with Crippen molar-refractivity contribution in [2.75, 3.05) is 39.6 Å². The standard InChI is InChI=1S/C83H162O17P2/c1-8-10-11-12-13-14-28-35-43-50-57-64-80(85)93-71-79(100-83(88)67-60-53-46-39-38-42-49-56-63-76(7)9-2)73-98-102(91,92)96-69-77(84)68-95-101(89,90)97-72-78(70-94-81(86)65-58-51-44-36-31-26-23-19-21-25-30-34-41-48-55-62-75(5)6)99-82(87)66-59-52-45-37-32-27-22-18-16-15-17-20-24-29-33-40-47-54-61-74(3)4/h74-79,84H,8-73H2,1-7H3,(H,89,90)(H,91,92)/t76?,77-,78-,79-/m1/s1. The maximum atomic E-state index is 13.1. The second kappa shape index (κ2) is 73.2. The summed E-state index contributed by atoms with van der Waals surface area (Å²) in [6, 6.07) is 0. The molecule has 0 spiro atoms. The fourth-order valence-corrected chi connectivity index (χ4v) is 14.4. The number of phosphoric acid groups is 2. The van der Waals surface area contributed by atoms with Crippen LogP contribution in [0, 0.1) is 17.8 Å². The van der Waals surface area contributed by atoms with E-state index in [1.165, 1.54) is 244 Å². The zero-order valence-electron chi connectivity index (χ0n) is 67.1. The van der Waals surface area contributed by atoms with Gasteiger partial charge in [-0.05, 0) is 43.4 Å². The number of hydrogen-bond acceptors (Lipinski definition) is 15. The molecule has 0 aromatic rings. The highest BCUT2D eigenvalue weighted by atomic mass is 31.2. The number of phosphoric ester groups is 2. The second-order valence-corrected chi connectivity index (χ2v) is 34.0. The number of aliphatic hydroxyl groups excluding tert-OH is 1. The van der Waals surface area contributed by atoms with Crippen molar-refractivity contribution in [3.63, 3.8) is 0 Å². The number of carbonyl (C=O) groups is 4. The molecule has 3 N–H and O–H groups in total. The van der Waals surface area contributed by atoms with Crippen molar-refractivity contribution < 1.29 is 80.2 Å². The van der Waals surface area contributed by atoms with Crippen molar-refractivity contribution in [3.8, 4) is 0 Å². The van der Waals surface area contributed by atoms with Crippen molar-refractivity contribution >= 4 is 39.5 Å². The second-order valence-electron chi connectivity index (χ2n) is 31.1. The first kappa shape index (κ1) is 100. The highest BCUT2D eigenvalue weighted by molar-refractivity contribution is 7.47. The Labute approximate surface area is 626 Å². The molecule has 0 aliphatic heterocycles. The van der Waals surface area contributed by atoms with Crippen LogP contribution in [0.15, 0.2) is 0 Å². The number of unbranched alkanes of at least 4 members (excludes halogenated alkanes) is 48. The third-order valence-electron chi connectivity index (χ3n) is 19.7. The third-order valence-corrected chi connectivity index (χ3v) is 21.6. The molecule has 3 unspecified atom stereocenters. The van der Waals surface area contributed by atoms with Crippen LogP contribution in [0.4, 0.5) is 0 Å². The summed E-state index contributed by atoms with van der Waals surface area (Å²) in [4.78, 5) is 73.1. The summed E-state index contributed by atoms with van der Waals surface area (Å²) in [5, 5.41) is 10.7. The van der Waals surface area contributed by atoms with Gasteiger partial charge in [-0.15, -0.1) is 0 Å². The molecule has 606 valence electrons. The average molecular weight is 1490 g/mol. The van der Waals surface area contributed by atoms with E-state index in [0.717, 1.165) is 108 Å². The lowest BCUT2D eigenvalue weighted by Crippen LogP contribution is -2.30. The Hall–Kier alpha value is -1.94. The Kier molecular flexibility index (Phi) is 71.8. The Morgan fingerprint density at radius 2 is 0.500 bits per heavy atom. The Bertz CT molecular complexity index is 1980. The molecule has 0 aromatic carbocycles. The maximum absolute atomic E-state index is 13.1. The number of ether oxygens (including phenoxy) is 4. The number of rotatable bonds is 81. The van der Waals surface area contributed by atoms with Gasteiger partial charge in [0.15, 0.2) is 12.2 Å². The van der Waals surface area contributed by atoms with E-state index in [1.807, 2.05) is 0 Å². The molecule has 0 amide bonds. The largest absolute Gasteiger partial charge is 0.472 e.